The molecule has 22 heavy (non-hydrogen) atoms. The van der Waals surface area contributed by atoms with Gasteiger partial charge in [0.25, 0.3) is 0 Å². The van der Waals surface area contributed by atoms with E-state index in [-0.39, 0.29) is 23.4 Å². The van der Waals surface area contributed by atoms with Crippen LogP contribution in [-0.2, 0) is 9.53 Å². The lowest BCUT2D eigenvalue weighted by molar-refractivity contribution is -0.162. The standard InChI is InChI=1S/C15H25FO4S2/c1-13(2,16)12(19)20-11-5-3-4-6-15(11)21-9-14(7-17,8-18)10-22-15/h11,17-18H,3-10H2,1-2H3. The molecule has 1 aliphatic heterocycles. The third-order valence-electron chi connectivity index (χ3n) is 4.38. The minimum Gasteiger partial charge on any atom is -0.458 e. The molecule has 0 aromatic heterocycles. The van der Waals surface area contributed by atoms with Crippen LogP contribution in [0.3, 0.4) is 0 Å². The van der Waals surface area contributed by atoms with Crippen LogP contribution in [0.5, 0.6) is 0 Å². The number of carbonyl (C=O) groups excluding carboxylic acids is 1. The average Bonchev–Trinajstić information content (AvgIpc) is 2.50. The fourth-order valence-corrected chi connectivity index (χ4v) is 6.46. The van der Waals surface area contributed by atoms with Gasteiger partial charge in [0.15, 0.2) is 0 Å². The Labute approximate surface area is 139 Å². The lowest BCUT2D eigenvalue weighted by Gasteiger charge is -2.49. The van der Waals surface area contributed by atoms with Crippen LogP contribution in [-0.4, -0.2) is 56.8 Å². The molecule has 0 radical (unpaired) electrons. The Balaban J connectivity index is 2.09. The minimum atomic E-state index is -1.98. The first-order valence-corrected chi connectivity index (χ1v) is 9.64. The summed E-state index contributed by atoms with van der Waals surface area (Å²) in [4.78, 5) is 11.9. The Morgan fingerprint density at radius 1 is 1.27 bits per heavy atom. The molecular weight excluding hydrogens is 327 g/mol. The van der Waals surface area contributed by atoms with E-state index in [1.807, 2.05) is 0 Å². The van der Waals surface area contributed by atoms with E-state index in [9.17, 15) is 19.4 Å². The van der Waals surface area contributed by atoms with E-state index < -0.39 is 17.1 Å². The molecule has 1 spiro atoms. The summed E-state index contributed by atoms with van der Waals surface area (Å²) in [5, 5.41) is 19.0. The molecule has 0 aromatic rings. The highest BCUT2D eigenvalue weighted by atomic mass is 32.2. The first-order valence-electron chi connectivity index (χ1n) is 7.67. The Morgan fingerprint density at radius 3 is 2.36 bits per heavy atom. The molecule has 2 fully saturated rings. The molecule has 1 saturated carbocycles. The third-order valence-corrected chi connectivity index (χ3v) is 8.51. The van der Waals surface area contributed by atoms with Gasteiger partial charge in [0.1, 0.15) is 6.10 Å². The van der Waals surface area contributed by atoms with Crippen molar-refractivity contribution in [1.29, 1.82) is 0 Å². The van der Waals surface area contributed by atoms with E-state index in [1.165, 1.54) is 13.8 Å². The van der Waals surface area contributed by atoms with Gasteiger partial charge in [-0.3, -0.25) is 0 Å². The Hall–Kier alpha value is 0.0200. The highest BCUT2D eigenvalue weighted by Gasteiger charge is 2.51. The molecule has 0 bridgehead atoms. The molecule has 1 saturated heterocycles. The SMILES string of the molecule is CC(C)(F)C(=O)OC1CCCCC12SCC(CO)(CO)CS2. The number of alkyl halides is 1. The zero-order valence-corrected chi connectivity index (χ0v) is 14.8. The summed E-state index contributed by atoms with van der Waals surface area (Å²) >= 11 is 3.29. The van der Waals surface area contributed by atoms with E-state index in [0.29, 0.717) is 11.5 Å². The predicted molar refractivity (Wildman–Crippen MR) is 87.8 cm³/mol. The van der Waals surface area contributed by atoms with Gasteiger partial charge in [0.2, 0.25) is 5.67 Å². The summed E-state index contributed by atoms with van der Waals surface area (Å²) in [6, 6.07) is 0. The number of thioether (sulfide) groups is 2. The quantitative estimate of drug-likeness (QED) is 0.757. The number of esters is 1. The van der Waals surface area contributed by atoms with Gasteiger partial charge in [0.05, 0.1) is 17.3 Å². The van der Waals surface area contributed by atoms with Crippen molar-refractivity contribution < 1.29 is 24.1 Å². The van der Waals surface area contributed by atoms with Crippen molar-refractivity contribution in [3.8, 4) is 0 Å². The molecule has 7 heteroatoms. The van der Waals surface area contributed by atoms with E-state index in [4.69, 9.17) is 4.74 Å². The number of aliphatic hydroxyl groups is 2. The maximum absolute atomic E-state index is 13.8. The summed E-state index contributed by atoms with van der Waals surface area (Å²) in [7, 11) is 0. The molecule has 4 nitrogen and oxygen atoms in total. The van der Waals surface area contributed by atoms with Crippen LogP contribution in [0.25, 0.3) is 0 Å². The number of hydrogen-bond donors (Lipinski definition) is 2. The summed E-state index contributed by atoms with van der Waals surface area (Å²) in [6.45, 7) is 2.33. The second-order valence-electron chi connectivity index (χ2n) is 6.82. The van der Waals surface area contributed by atoms with Crippen molar-refractivity contribution in [3.63, 3.8) is 0 Å². The molecule has 2 aliphatic rings. The normalized spacial score (nSPS) is 27.6. The summed E-state index contributed by atoms with van der Waals surface area (Å²) < 4.78 is 19.0. The van der Waals surface area contributed by atoms with Crippen molar-refractivity contribution >= 4 is 29.5 Å². The molecule has 1 heterocycles. The topological polar surface area (TPSA) is 66.8 Å². The summed E-state index contributed by atoms with van der Waals surface area (Å²) in [6.07, 6.45) is 3.36. The van der Waals surface area contributed by atoms with Crippen molar-refractivity contribution in [1.82, 2.24) is 0 Å². The van der Waals surface area contributed by atoms with Gasteiger partial charge < -0.3 is 14.9 Å². The monoisotopic (exact) mass is 352 g/mol. The number of halogens is 1. The smallest absolute Gasteiger partial charge is 0.343 e. The first-order chi connectivity index (χ1) is 10.3. The van der Waals surface area contributed by atoms with E-state index in [0.717, 1.165) is 25.7 Å². The van der Waals surface area contributed by atoms with Crippen molar-refractivity contribution in [3.05, 3.63) is 0 Å². The fraction of sp³-hybridized carbons (Fsp3) is 0.933. The van der Waals surface area contributed by atoms with Crippen LogP contribution in [0.2, 0.25) is 0 Å². The van der Waals surface area contributed by atoms with Gasteiger partial charge in [-0.2, -0.15) is 0 Å². The Kier molecular flexibility index (Phi) is 5.73. The molecule has 0 amide bonds. The fourth-order valence-electron chi connectivity index (χ4n) is 2.70. The Bertz CT molecular complexity index is 397. The van der Waals surface area contributed by atoms with Crippen molar-refractivity contribution in [2.45, 2.75) is 55.4 Å². The zero-order valence-electron chi connectivity index (χ0n) is 13.1. The number of aliphatic hydroxyl groups excluding tert-OH is 2. The van der Waals surface area contributed by atoms with Gasteiger partial charge >= 0.3 is 5.97 Å². The number of carbonyl (C=O) groups is 1. The maximum atomic E-state index is 13.8. The van der Waals surface area contributed by atoms with Crippen LogP contribution in [0.1, 0.15) is 39.5 Å². The number of ether oxygens (including phenoxy) is 1. The predicted octanol–water partition coefficient (Wildman–Crippen LogP) is 2.37. The van der Waals surface area contributed by atoms with E-state index in [1.54, 1.807) is 23.5 Å². The molecule has 2 rings (SSSR count). The van der Waals surface area contributed by atoms with Gasteiger partial charge in [-0.15, -0.1) is 23.5 Å². The average molecular weight is 352 g/mol. The van der Waals surface area contributed by atoms with Gasteiger partial charge in [-0.05, 0) is 33.1 Å². The number of rotatable bonds is 4. The molecule has 1 atom stereocenters. The van der Waals surface area contributed by atoms with Crippen molar-refractivity contribution in [2.75, 3.05) is 24.7 Å². The molecule has 1 aliphatic carbocycles. The van der Waals surface area contributed by atoms with Crippen LogP contribution < -0.4 is 0 Å². The lowest BCUT2D eigenvalue weighted by atomic mass is 9.94. The largest absolute Gasteiger partial charge is 0.458 e. The summed E-state index contributed by atoms with van der Waals surface area (Å²) in [5.74, 6) is 0.446. The second kappa shape index (κ2) is 6.87. The highest BCUT2D eigenvalue weighted by Crippen LogP contribution is 2.56. The lowest BCUT2D eigenvalue weighted by Crippen LogP contribution is -2.51. The van der Waals surface area contributed by atoms with Crippen LogP contribution in [0.15, 0.2) is 0 Å². The van der Waals surface area contributed by atoms with E-state index in [2.05, 4.69) is 0 Å². The molecule has 2 N–H and O–H groups in total. The molecule has 0 aromatic carbocycles. The number of hydrogen-bond acceptors (Lipinski definition) is 6. The minimum absolute atomic E-state index is 0.0540. The summed E-state index contributed by atoms with van der Waals surface area (Å²) in [5.41, 5.74) is -2.46. The zero-order chi connectivity index (χ0) is 16.4. The van der Waals surface area contributed by atoms with Crippen LogP contribution in [0, 0.1) is 5.41 Å². The van der Waals surface area contributed by atoms with Gasteiger partial charge in [-0.25, -0.2) is 9.18 Å². The molecule has 128 valence electrons. The van der Waals surface area contributed by atoms with Gasteiger partial charge in [0, 0.05) is 16.9 Å². The van der Waals surface area contributed by atoms with Crippen molar-refractivity contribution in [2.24, 2.45) is 5.41 Å². The van der Waals surface area contributed by atoms with Gasteiger partial charge in [-0.1, -0.05) is 6.42 Å². The third kappa shape index (κ3) is 3.74. The molecule has 1 unspecified atom stereocenters. The highest BCUT2D eigenvalue weighted by molar-refractivity contribution is 8.18. The Morgan fingerprint density at radius 2 is 1.86 bits per heavy atom. The first kappa shape index (κ1) is 18.4. The second-order valence-corrected chi connectivity index (χ2v) is 9.69. The molecular formula is C15H25FO4S2. The maximum Gasteiger partial charge on any atom is 0.343 e. The van der Waals surface area contributed by atoms with Crippen LogP contribution in [0.4, 0.5) is 4.39 Å². The van der Waals surface area contributed by atoms with E-state index >= 15 is 0 Å². The van der Waals surface area contributed by atoms with Crippen LogP contribution >= 0.6 is 23.5 Å².